The zero-order chi connectivity index (χ0) is 78.0. The molecule has 0 saturated carbocycles. The highest BCUT2D eigenvalue weighted by molar-refractivity contribution is 7.47. The van der Waals surface area contributed by atoms with Crippen molar-refractivity contribution in [1.82, 2.24) is 0 Å². The van der Waals surface area contributed by atoms with Crippen LogP contribution in [0.4, 0.5) is 0 Å². The number of aliphatic hydroxyl groups is 2. The number of ether oxygens (including phenoxy) is 3. The van der Waals surface area contributed by atoms with Crippen LogP contribution >= 0.6 is 15.6 Å². The lowest BCUT2D eigenvalue weighted by Gasteiger charge is -2.21. The van der Waals surface area contributed by atoms with Crippen LogP contribution in [-0.2, 0) is 55.8 Å². The number of unbranched alkanes of at least 4 members (excludes halogenated alkanes) is 38. The molecule has 0 heterocycles. The number of phosphoric ester groups is 2. The van der Waals surface area contributed by atoms with Crippen LogP contribution in [0.2, 0.25) is 0 Å². The Morgan fingerprint density at radius 3 is 0.738 bits per heavy atom. The van der Waals surface area contributed by atoms with Gasteiger partial charge in [-0.15, -0.1) is 0 Å². The van der Waals surface area contributed by atoms with Crippen LogP contribution in [0, 0.1) is 0 Å². The summed E-state index contributed by atoms with van der Waals surface area (Å²) in [5.74, 6) is -1.59. The van der Waals surface area contributed by atoms with E-state index < -0.39 is 91.5 Å². The molecule has 0 rings (SSSR count). The number of hydrogen-bond acceptors (Lipinski definition) is 14. The maximum atomic E-state index is 13.0. The molecule has 4 N–H and O–H groups in total. The van der Waals surface area contributed by atoms with E-state index in [1.54, 1.807) is 0 Å². The fraction of sp³-hybridized carbons (Fsp3) is 0.742. The molecule has 0 aliphatic carbocycles. The highest BCUT2D eigenvalue weighted by atomic mass is 31.2. The predicted molar refractivity (Wildman–Crippen MR) is 445 cm³/mol. The number of aliphatic hydroxyl groups excluding tert-OH is 2. The third-order valence-electron chi connectivity index (χ3n) is 18.1. The molecule has 0 saturated heterocycles. The van der Waals surface area contributed by atoms with E-state index in [9.17, 15) is 43.5 Å². The van der Waals surface area contributed by atoms with Gasteiger partial charge in [0.1, 0.15) is 25.4 Å². The minimum absolute atomic E-state index is 0.0848. The first-order valence-electron chi connectivity index (χ1n) is 42.8. The van der Waals surface area contributed by atoms with Crippen LogP contribution in [-0.4, -0.2) is 95.9 Å². The summed E-state index contributed by atoms with van der Waals surface area (Å²) in [4.78, 5) is 58.7. The van der Waals surface area contributed by atoms with E-state index in [1.165, 1.54) is 161 Å². The van der Waals surface area contributed by atoms with Crippen molar-refractivity contribution in [1.29, 1.82) is 0 Å². The Balaban J connectivity index is 4.46. The minimum atomic E-state index is -4.94. The van der Waals surface area contributed by atoms with Crippen molar-refractivity contribution >= 4 is 33.6 Å². The summed E-state index contributed by atoms with van der Waals surface area (Å²) in [6, 6.07) is 0. The van der Waals surface area contributed by atoms with Gasteiger partial charge in [0.25, 0.3) is 0 Å². The van der Waals surface area contributed by atoms with Gasteiger partial charge in [0.05, 0.1) is 26.4 Å². The number of phosphoric acid groups is 2. The van der Waals surface area contributed by atoms with E-state index in [4.69, 9.17) is 32.3 Å². The van der Waals surface area contributed by atoms with Crippen molar-refractivity contribution in [2.75, 3.05) is 39.6 Å². The topological polar surface area (TPSA) is 231 Å². The Morgan fingerprint density at radius 1 is 0.262 bits per heavy atom. The maximum absolute atomic E-state index is 13.0. The third-order valence-corrected chi connectivity index (χ3v) is 20.0. The number of carbonyl (C=O) groups excluding carboxylic acids is 3. The molecule has 5 unspecified atom stereocenters. The number of carbonyl (C=O) groups is 3. The molecule has 0 amide bonds. The molecule has 0 aromatic heterocycles. The quantitative estimate of drug-likeness (QED) is 0.0146. The first-order chi connectivity index (χ1) is 52.2. The standard InChI is InChI=1S/C89H156O16P2/c1-4-7-10-13-16-19-22-25-28-30-32-34-36-37-38-39-40-41-42-43-44-45-47-49-50-52-55-57-60-63-66-69-72-75-87(92)99-78-84(90)79-101-106(95,96)102-80-85(91)81-103-107(97,98)104-83-86(105-89(94)77-74-71-68-65-62-59-54-27-24-21-18-15-12-9-6-3)82-100-88(93)76-73-70-67-64-61-58-56-53-51-48-46-35-33-31-29-26-23-20-17-14-11-8-5-2/h16-21,25-29,32-35,37-38,48,51,54,84-86,90-91H,4-15,22-24,30-31,36,39-47,49-50,52-53,55-83H2,1-3H3,(H,95,96)(H,97,98)/b19-16-,20-17-,21-18-,28-25-,29-26-,34-32-,35-33-,38-37-,51-48-,54-27-. The largest absolute Gasteiger partial charge is 0.472 e. The Hall–Kier alpha value is -4.05. The van der Waals surface area contributed by atoms with Crippen molar-refractivity contribution in [2.24, 2.45) is 0 Å². The first kappa shape index (κ1) is 103. The average molecular weight is 1540 g/mol. The van der Waals surface area contributed by atoms with Gasteiger partial charge in [-0.3, -0.25) is 32.5 Å². The summed E-state index contributed by atoms with van der Waals surface area (Å²) in [7, 11) is -9.80. The van der Waals surface area contributed by atoms with E-state index in [0.717, 1.165) is 148 Å². The maximum Gasteiger partial charge on any atom is 0.472 e. The highest BCUT2D eigenvalue weighted by Crippen LogP contribution is 2.45. The molecule has 0 spiro atoms. The van der Waals surface area contributed by atoms with Crippen molar-refractivity contribution in [3.8, 4) is 0 Å². The Kier molecular flexibility index (Phi) is 78.4. The average Bonchev–Trinajstić information content (AvgIpc) is 0.908. The molecule has 5 atom stereocenters. The zero-order valence-electron chi connectivity index (χ0n) is 67.8. The molecule has 18 heteroatoms. The van der Waals surface area contributed by atoms with Gasteiger partial charge in [-0.05, 0) is 141 Å². The van der Waals surface area contributed by atoms with Crippen LogP contribution in [0.3, 0.4) is 0 Å². The summed E-state index contributed by atoms with van der Waals surface area (Å²) in [5, 5.41) is 20.7. The number of esters is 3. The number of rotatable bonds is 81. The number of hydrogen-bond donors (Lipinski definition) is 4. The summed E-state index contributed by atoms with van der Waals surface area (Å²) in [5.41, 5.74) is 0. The lowest BCUT2D eigenvalue weighted by molar-refractivity contribution is -0.161. The smallest absolute Gasteiger partial charge is 0.463 e. The molecule has 16 nitrogen and oxygen atoms in total. The molecular formula is C89H156O16P2. The molecule has 0 aromatic rings. The van der Waals surface area contributed by atoms with Crippen LogP contribution in [0.25, 0.3) is 0 Å². The van der Waals surface area contributed by atoms with Gasteiger partial charge in [-0.2, -0.15) is 0 Å². The van der Waals surface area contributed by atoms with E-state index in [2.05, 4.69) is 142 Å². The summed E-state index contributed by atoms with van der Waals surface area (Å²) in [6.07, 6.45) is 98.2. The van der Waals surface area contributed by atoms with Crippen LogP contribution in [0.15, 0.2) is 122 Å². The van der Waals surface area contributed by atoms with Gasteiger partial charge in [0.15, 0.2) is 6.10 Å². The molecule has 0 aromatic carbocycles. The second-order valence-electron chi connectivity index (χ2n) is 28.6. The van der Waals surface area contributed by atoms with Crippen molar-refractivity contribution in [2.45, 2.75) is 386 Å². The summed E-state index contributed by atoms with van der Waals surface area (Å²) < 4.78 is 61.2. The molecule has 618 valence electrons. The fourth-order valence-electron chi connectivity index (χ4n) is 11.6. The minimum Gasteiger partial charge on any atom is -0.463 e. The molecule has 0 radical (unpaired) electrons. The van der Waals surface area contributed by atoms with Crippen molar-refractivity contribution in [3.63, 3.8) is 0 Å². The molecule has 0 fully saturated rings. The number of allylic oxidation sites excluding steroid dienone is 20. The third kappa shape index (κ3) is 82.7. The van der Waals surface area contributed by atoms with E-state index >= 15 is 0 Å². The normalized spacial score (nSPS) is 14.5. The Morgan fingerprint density at radius 2 is 0.467 bits per heavy atom. The predicted octanol–water partition coefficient (Wildman–Crippen LogP) is 25.7. The van der Waals surface area contributed by atoms with Crippen LogP contribution in [0.5, 0.6) is 0 Å². The molecule has 0 aliphatic rings. The molecule has 0 aliphatic heterocycles. The monoisotopic (exact) mass is 1540 g/mol. The Bertz CT molecular complexity index is 2430. The van der Waals surface area contributed by atoms with Gasteiger partial charge >= 0.3 is 33.6 Å². The summed E-state index contributed by atoms with van der Waals surface area (Å²) in [6.45, 7) is 2.61. The second kappa shape index (κ2) is 81.4. The van der Waals surface area contributed by atoms with E-state index in [0.29, 0.717) is 19.3 Å². The molecule has 0 bridgehead atoms. The highest BCUT2D eigenvalue weighted by Gasteiger charge is 2.29. The van der Waals surface area contributed by atoms with Gasteiger partial charge in [-0.1, -0.05) is 328 Å². The van der Waals surface area contributed by atoms with Gasteiger partial charge in [-0.25, -0.2) is 9.13 Å². The second-order valence-corrected chi connectivity index (χ2v) is 31.5. The zero-order valence-corrected chi connectivity index (χ0v) is 69.6. The van der Waals surface area contributed by atoms with E-state index in [1.807, 2.05) is 0 Å². The molecular weight excluding hydrogens is 1390 g/mol. The lowest BCUT2D eigenvalue weighted by Crippen LogP contribution is -2.30. The summed E-state index contributed by atoms with van der Waals surface area (Å²) >= 11 is 0. The van der Waals surface area contributed by atoms with Gasteiger partial charge < -0.3 is 34.2 Å². The SMILES string of the molecule is CCCCC/C=C\C/C=C\C/C=C\C/C=C\CCCCCCCCCCCCCCCCCCCC(=O)OCC(O)COP(=O)(O)OCC(O)COP(=O)(O)OCC(COC(=O)CCCCCCCCC/C=C\C/C=C\C/C=C\C/C=C\CCCCC)OC(=O)CCCCCCC/C=C\C/C=C\CCCCC. The first-order valence-corrected chi connectivity index (χ1v) is 45.8. The van der Waals surface area contributed by atoms with Crippen LogP contribution in [0.1, 0.15) is 367 Å². The molecule has 107 heavy (non-hydrogen) atoms. The Labute approximate surface area is 653 Å². The van der Waals surface area contributed by atoms with Gasteiger partial charge in [0, 0.05) is 19.3 Å². The lowest BCUT2D eigenvalue weighted by atomic mass is 10.0. The van der Waals surface area contributed by atoms with Crippen molar-refractivity contribution in [3.05, 3.63) is 122 Å². The van der Waals surface area contributed by atoms with Crippen LogP contribution < -0.4 is 0 Å². The van der Waals surface area contributed by atoms with E-state index in [-0.39, 0.29) is 19.3 Å². The van der Waals surface area contributed by atoms with Gasteiger partial charge in [0.2, 0.25) is 0 Å². The fourth-order valence-corrected chi connectivity index (χ4v) is 13.2. The van der Waals surface area contributed by atoms with Crippen molar-refractivity contribution < 1.29 is 75.8 Å².